The molecule has 2 N–H and O–H groups in total. The number of benzene rings is 1. The summed E-state index contributed by atoms with van der Waals surface area (Å²) in [5.41, 5.74) is 0.965. The van der Waals surface area contributed by atoms with Gasteiger partial charge >= 0.3 is 0 Å². The van der Waals surface area contributed by atoms with Gasteiger partial charge in [-0.2, -0.15) is 0 Å². The molecule has 0 aromatic heterocycles. The minimum absolute atomic E-state index is 0.149. The number of carbonyl (C=O) groups excluding carboxylic acids is 1. The lowest BCUT2D eigenvalue weighted by molar-refractivity contribution is -0.130. The Morgan fingerprint density at radius 2 is 2.16 bits per heavy atom. The molecule has 0 unspecified atom stereocenters. The number of nitrogens with zero attached hydrogens (tertiary/aromatic N) is 1. The van der Waals surface area contributed by atoms with Crippen molar-refractivity contribution in [2.45, 2.75) is 51.3 Å². The summed E-state index contributed by atoms with van der Waals surface area (Å²) in [6, 6.07) is 3.89. The quantitative estimate of drug-likeness (QED) is 0.689. The van der Waals surface area contributed by atoms with E-state index in [9.17, 15) is 9.90 Å². The molecule has 0 spiro atoms. The maximum absolute atomic E-state index is 12.0. The lowest BCUT2D eigenvalue weighted by Gasteiger charge is -2.27. The highest BCUT2D eigenvalue weighted by Crippen LogP contribution is 2.36. The van der Waals surface area contributed by atoms with Crippen molar-refractivity contribution in [1.29, 1.82) is 0 Å². The zero-order valence-electron chi connectivity index (χ0n) is 14.5. The molecule has 2 atom stereocenters. The van der Waals surface area contributed by atoms with Crippen molar-refractivity contribution in [2.75, 3.05) is 19.9 Å². The molecule has 2 heterocycles. The van der Waals surface area contributed by atoms with Crippen LogP contribution < -0.4 is 14.8 Å². The van der Waals surface area contributed by atoms with E-state index < -0.39 is 6.10 Å². The number of nitrogens with one attached hydrogen (secondary N) is 1. The third-order valence-corrected chi connectivity index (χ3v) is 5.19. The number of amides is 1. The van der Waals surface area contributed by atoms with Gasteiger partial charge in [-0.1, -0.05) is 18.5 Å². The van der Waals surface area contributed by atoms with Gasteiger partial charge in [-0.25, -0.2) is 0 Å². The highest BCUT2D eigenvalue weighted by molar-refractivity contribution is 6.31. The fraction of sp³-hybridized carbons (Fsp3) is 0.611. The Hall–Kier alpha value is -1.50. The minimum atomic E-state index is -0.440. The first kappa shape index (κ1) is 18.3. The smallest absolute Gasteiger partial charge is 0.231 e. The standard InChI is InChI=1S/C18H25ClN2O4/c1-2-14(22)10-21-13(3-4-18(21)23)5-6-20-9-12-7-16-17(8-15(12)19)25-11-24-16/h7-8,13-14,20,22H,2-6,9-11H2,1H3/t13-,14+/m1/s1. The second-order valence-corrected chi connectivity index (χ2v) is 6.97. The molecule has 0 bridgehead atoms. The fourth-order valence-corrected chi connectivity index (χ4v) is 3.51. The zero-order valence-corrected chi connectivity index (χ0v) is 15.2. The number of ether oxygens (including phenoxy) is 2. The number of halogens is 1. The number of rotatable bonds is 8. The summed E-state index contributed by atoms with van der Waals surface area (Å²) in [6.45, 7) is 4.01. The molecule has 6 nitrogen and oxygen atoms in total. The van der Waals surface area contributed by atoms with Crippen LogP contribution in [0.2, 0.25) is 5.02 Å². The summed E-state index contributed by atoms with van der Waals surface area (Å²) in [5, 5.41) is 13.9. The molecular weight excluding hydrogens is 344 g/mol. The van der Waals surface area contributed by atoms with Gasteiger partial charge in [0.15, 0.2) is 11.5 Å². The molecule has 138 valence electrons. The SMILES string of the molecule is CC[C@H](O)CN1C(=O)CC[C@@H]1CCNCc1cc2c(cc1Cl)OCO2. The molecule has 3 rings (SSSR count). The van der Waals surface area contributed by atoms with Crippen LogP contribution in [0.1, 0.15) is 38.2 Å². The van der Waals surface area contributed by atoms with Gasteiger partial charge in [0.2, 0.25) is 12.7 Å². The Bertz CT molecular complexity index is 625. The van der Waals surface area contributed by atoms with Crippen LogP contribution >= 0.6 is 11.6 Å². The van der Waals surface area contributed by atoms with E-state index in [0.29, 0.717) is 36.7 Å². The van der Waals surface area contributed by atoms with Gasteiger partial charge in [0.1, 0.15) is 0 Å². The van der Waals surface area contributed by atoms with Gasteiger partial charge in [0, 0.05) is 36.6 Å². The average Bonchev–Trinajstić information content (AvgIpc) is 3.18. The van der Waals surface area contributed by atoms with Crippen LogP contribution in [-0.2, 0) is 11.3 Å². The maximum atomic E-state index is 12.0. The van der Waals surface area contributed by atoms with Gasteiger partial charge < -0.3 is 24.8 Å². The van der Waals surface area contributed by atoms with Crippen molar-refractivity contribution in [3.05, 3.63) is 22.7 Å². The molecule has 2 aliphatic heterocycles. The van der Waals surface area contributed by atoms with Crippen molar-refractivity contribution in [1.82, 2.24) is 10.2 Å². The maximum Gasteiger partial charge on any atom is 0.231 e. The molecule has 7 heteroatoms. The number of hydrogen-bond acceptors (Lipinski definition) is 5. The van der Waals surface area contributed by atoms with Crippen molar-refractivity contribution < 1.29 is 19.4 Å². The number of fused-ring (bicyclic) bond motifs is 1. The molecule has 1 aromatic rings. The van der Waals surface area contributed by atoms with Crippen LogP contribution in [-0.4, -0.2) is 47.9 Å². The Labute approximate surface area is 153 Å². The molecule has 2 aliphatic rings. The molecule has 0 saturated carbocycles. The minimum Gasteiger partial charge on any atom is -0.454 e. The molecular formula is C18H25ClN2O4. The molecule has 1 aromatic carbocycles. The predicted molar refractivity (Wildman–Crippen MR) is 94.9 cm³/mol. The number of likely N-dealkylation sites (tertiary alicyclic amines) is 1. The Balaban J connectivity index is 1.47. The van der Waals surface area contributed by atoms with Crippen molar-refractivity contribution in [2.24, 2.45) is 0 Å². The largest absolute Gasteiger partial charge is 0.454 e. The van der Waals surface area contributed by atoms with Crippen LogP contribution in [0.4, 0.5) is 0 Å². The molecule has 0 radical (unpaired) electrons. The second kappa shape index (κ2) is 8.25. The van der Waals surface area contributed by atoms with E-state index in [4.69, 9.17) is 21.1 Å². The van der Waals surface area contributed by atoms with E-state index >= 15 is 0 Å². The highest BCUT2D eigenvalue weighted by Gasteiger charge is 2.31. The second-order valence-electron chi connectivity index (χ2n) is 6.56. The molecule has 1 saturated heterocycles. The van der Waals surface area contributed by atoms with Crippen molar-refractivity contribution in [3.63, 3.8) is 0 Å². The molecule has 0 aliphatic carbocycles. The zero-order chi connectivity index (χ0) is 17.8. The normalized spacial score (nSPS) is 20.4. The van der Waals surface area contributed by atoms with E-state index in [0.717, 1.165) is 30.7 Å². The lowest BCUT2D eigenvalue weighted by Crippen LogP contribution is -2.40. The van der Waals surface area contributed by atoms with Gasteiger partial charge in [-0.3, -0.25) is 4.79 Å². The van der Waals surface area contributed by atoms with Gasteiger partial charge in [-0.05, 0) is 37.4 Å². The molecule has 25 heavy (non-hydrogen) atoms. The Kier molecular flexibility index (Phi) is 6.04. The first-order chi connectivity index (χ1) is 12.1. The Morgan fingerprint density at radius 1 is 1.40 bits per heavy atom. The van der Waals surface area contributed by atoms with E-state index in [1.807, 2.05) is 17.9 Å². The van der Waals surface area contributed by atoms with Crippen LogP contribution in [0.15, 0.2) is 12.1 Å². The summed E-state index contributed by atoms with van der Waals surface area (Å²) in [6.07, 6.45) is 2.53. The fourth-order valence-electron chi connectivity index (χ4n) is 3.29. The summed E-state index contributed by atoms with van der Waals surface area (Å²) in [5.74, 6) is 1.56. The van der Waals surface area contributed by atoms with Crippen molar-refractivity contribution >= 4 is 17.5 Å². The molecule has 1 amide bonds. The van der Waals surface area contributed by atoms with Gasteiger partial charge in [-0.15, -0.1) is 0 Å². The Morgan fingerprint density at radius 3 is 2.92 bits per heavy atom. The topological polar surface area (TPSA) is 71.0 Å². The van der Waals surface area contributed by atoms with Crippen molar-refractivity contribution in [3.8, 4) is 11.5 Å². The van der Waals surface area contributed by atoms with Crippen LogP contribution in [0.5, 0.6) is 11.5 Å². The summed E-state index contributed by atoms with van der Waals surface area (Å²) < 4.78 is 10.7. The van der Waals surface area contributed by atoms with E-state index in [1.54, 1.807) is 6.07 Å². The van der Waals surface area contributed by atoms with E-state index in [2.05, 4.69) is 5.32 Å². The first-order valence-corrected chi connectivity index (χ1v) is 9.22. The average molecular weight is 369 g/mol. The van der Waals surface area contributed by atoms with Gasteiger partial charge in [0.05, 0.1) is 6.10 Å². The third-order valence-electron chi connectivity index (χ3n) is 4.84. The number of hydrogen-bond donors (Lipinski definition) is 2. The number of aliphatic hydroxyl groups is 1. The highest BCUT2D eigenvalue weighted by atomic mass is 35.5. The summed E-state index contributed by atoms with van der Waals surface area (Å²) >= 11 is 6.27. The van der Waals surface area contributed by atoms with E-state index in [-0.39, 0.29) is 18.7 Å². The van der Waals surface area contributed by atoms with E-state index in [1.165, 1.54) is 0 Å². The number of carbonyl (C=O) groups is 1. The monoisotopic (exact) mass is 368 g/mol. The van der Waals surface area contributed by atoms with Crippen LogP contribution in [0.25, 0.3) is 0 Å². The third kappa shape index (κ3) is 4.37. The first-order valence-electron chi connectivity index (χ1n) is 8.84. The predicted octanol–water partition coefficient (Wildman–Crippen LogP) is 2.31. The lowest BCUT2D eigenvalue weighted by atomic mass is 10.1. The number of aliphatic hydroxyl groups excluding tert-OH is 1. The van der Waals surface area contributed by atoms with Crippen LogP contribution in [0.3, 0.4) is 0 Å². The number of β-amino-alcohol motifs (C(OH)–C–C–N with tert-alkyl or cyclic N) is 1. The van der Waals surface area contributed by atoms with Gasteiger partial charge in [0.25, 0.3) is 0 Å². The molecule has 1 fully saturated rings. The summed E-state index contributed by atoms with van der Waals surface area (Å²) in [7, 11) is 0. The van der Waals surface area contributed by atoms with Crippen LogP contribution in [0, 0.1) is 0 Å². The summed E-state index contributed by atoms with van der Waals surface area (Å²) in [4.78, 5) is 13.8.